The Kier molecular flexibility index (Phi) is 4.95. The third kappa shape index (κ3) is 3.48. The molecule has 120 valence electrons. The maximum Gasteiger partial charge on any atom is 0.336 e. The second-order valence-electron chi connectivity index (χ2n) is 4.77. The van der Waals surface area contributed by atoms with Gasteiger partial charge in [-0.2, -0.15) is 0 Å². The highest BCUT2D eigenvalue weighted by atomic mass is 19.1. The number of carboxylic acid groups (broad SMARTS) is 1. The molecule has 2 aromatic rings. The van der Waals surface area contributed by atoms with E-state index >= 15 is 0 Å². The van der Waals surface area contributed by atoms with E-state index in [-0.39, 0.29) is 11.1 Å². The third-order valence-corrected chi connectivity index (χ3v) is 3.32. The van der Waals surface area contributed by atoms with E-state index in [2.05, 4.69) is 5.32 Å². The predicted molar refractivity (Wildman–Crippen MR) is 83.4 cm³/mol. The first-order valence-corrected chi connectivity index (χ1v) is 6.97. The number of halogens is 1. The van der Waals surface area contributed by atoms with Gasteiger partial charge in [0.05, 0.1) is 18.2 Å². The lowest BCUT2D eigenvalue weighted by Gasteiger charge is -2.10. The van der Waals surface area contributed by atoms with Gasteiger partial charge >= 0.3 is 5.97 Å². The van der Waals surface area contributed by atoms with E-state index in [1.54, 1.807) is 19.1 Å². The van der Waals surface area contributed by atoms with Gasteiger partial charge in [0.2, 0.25) is 0 Å². The van der Waals surface area contributed by atoms with Crippen LogP contribution in [0.15, 0.2) is 36.4 Å². The average Bonchev–Trinajstić information content (AvgIpc) is 2.54. The van der Waals surface area contributed by atoms with Gasteiger partial charge in [-0.05, 0) is 48.4 Å². The first-order chi connectivity index (χ1) is 11.0. The summed E-state index contributed by atoms with van der Waals surface area (Å²) in [6.07, 6.45) is 0. The van der Waals surface area contributed by atoms with Crippen LogP contribution in [0.3, 0.4) is 0 Å². The summed E-state index contributed by atoms with van der Waals surface area (Å²) in [7, 11) is 1.43. The molecule has 0 atom stereocenters. The number of hydrogen-bond acceptors (Lipinski definition) is 3. The molecule has 2 aromatic carbocycles. The molecule has 2 rings (SSSR count). The van der Waals surface area contributed by atoms with Crippen molar-refractivity contribution < 1.29 is 23.8 Å². The maximum absolute atomic E-state index is 14.2. The molecule has 0 radical (unpaired) electrons. The van der Waals surface area contributed by atoms with E-state index < -0.39 is 17.7 Å². The Morgan fingerprint density at radius 1 is 1.17 bits per heavy atom. The molecular formula is C17H16FNO4. The van der Waals surface area contributed by atoms with Crippen molar-refractivity contribution in [2.75, 3.05) is 13.7 Å². The number of rotatable bonds is 5. The van der Waals surface area contributed by atoms with Crippen molar-refractivity contribution in [2.24, 2.45) is 0 Å². The van der Waals surface area contributed by atoms with Gasteiger partial charge in [-0.1, -0.05) is 6.07 Å². The van der Waals surface area contributed by atoms with Gasteiger partial charge < -0.3 is 15.2 Å². The number of hydrogen-bond donors (Lipinski definition) is 2. The topological polar surface area (TPSA) is 75.6 Å². The van der Waals surface area contributed by atoms with Gasteiger partial charge in [0, 0.05) is 6.54 Å². The molecule has 0 spiro atoms. The van der Waals surface area contributed by atoms with Crippen molar-refractivity contribution in [1.29, 1.82) is 0 Å². The molecule has 0 aliphatic heterocycles. The Balaban J connectivity index is 2.49. The van der Waals surface area contributed by atoms with Crippen LogP contribution in [-0.4, -0.2) is 30.6 Å². The molecule has 6 heteroatoms. The highest BCUT2D eigenvalue weighted by Gasteiger charge is 2.16. The van der Waals surface area contributed by atoms with E-state index in [1.807, 2.05) is 0 Å². The van der Waals surface area contributed by atoms with E-state index in [1.165, 1.54) is 25.3 Å². The van der Waals surface area contributed by atoms with Crippen molar-refractivity contribution in [2.45, 2.75) is 6.92 Å². The minimum Gasteiger partial charge on any atom is -0.497 e. The van der Waals surface area contributed by atoms with Crippen LogP contribution in [0.2, 0.25) is 0 Å². The van der Waals surface area contributed by atoms with Crippen LogP contribution in [0, 0.1) is 5.82 Å². The van der Waals surface area contributed by atoms with Crippen LogP contribution >= 0.6 is 0 Å². The minimum atomic E-state index is -1.15. The molecular weight excluding hydrogens is 301 g/mol. The van der Waals surface area contributed by atoms with Gasteiger partial charge in [-0.25, -0.2) is 9.18 Å². The Labute approximate surface area is 132 Å². The van der Waals surface area contributed by atoms with Crippen molar-refractivity contribution in [1.82, 2.24) is 5.32 Å². The Bertz CT molecular complexity index is 758. The average molecular weight is 317 g/mol. The third-order valence-electron chi connectivity index (χ3n) is 3.32. The van der Waals surface area contributed by atoms with Gasteiger partial charge in [0.1, 0.15) is 11.6 Å². The van der Waals surface area contributed by atoms with Gasteiger partial charge in [-0.15, -0.1) is 0 Å². The monoisotopic (exact) mass is 317 g/mol. The second-order valence-corrected chi connectivity index (χ2v) is 4.77. The van der Waals surface area contributed by atoms with E-state index in [9.17, 15) is 19.1 Å². The van der Waals surface area contributed by atoms with E-state index in [4.69, 9.17) is 4.74 Å². The largest absolute Gasteiger partial charge is 0.497 e. The maximum atomic E-state index is 14.2. The number of carbonyl (C=O) groups is 2. The number of carbonyl (C=O) groups excluding carboxylic acids is 1. The van der Waals surface area contributed by atoms with Gasteiger partial charge in [0.15, 0.2) is 0 Å². The van der Waals surface area contributed by atoms with Crippen molar-refractivity contribution in [3.63, 3.8) is 0 Å². The van der Waals surface area contributed by atoms with Crippen LogP contribution in [0.1, 0.15) is 27.6 Å². The van der Waals surface area contributed by atoms with Crippen LogP contribution in [0.4, 0.5) is 4.39 Å². The zero-order chi connectivity index (χ0) is 17.0. The zero-order valence-electron chi connectivity index (χ0n) is 12.7. The first-order valence-electron chi connectivity index (χ1n) is 6.97. The van der Waals surface area contributed by atoms with Crippen molar-refractivity contribution >= 4 is 11.9 Å². The highest BCUT2D eigenvalue weighted by molar-refractivity contribution is 5.98. The number of methoxy groups -OCH3 is 1. The number of nitrogens with one attached hydrogen (secondary N) is 1. The quantitative estimate of drug-likeness (QED) is 0.889. The summed E-state index contributed by atoms with van der Waals surface area (Å²) in [4.78, 5) is 23.1. The molecule has 23 heavy (non-hydrogen) atoms. The summed E-state index contributed by atoms with van der Waals surface area (Å²) in [6, 6.07) is 8.51. The molecule has 1 amide bonds. The van der Waals surface area contributed by atoms with Crippen molar-refractivity contribution in [3.05, 3.63) is 53.3 Å². The number of carboxylic acids is 1. The molecule has 0 saturated heterocycles. The van der Waals surface area contributed by atoms with Crippen LogP contribution in [0.5, 0.6) is 5.75 Å². The van der Waals surface area contributed by atoms with Crippen molar-refractivity contribution in [3.8, 4) is 16.9 Å². The lowest BCUT2D eigenvalue weighted by atomic mass is 9.98. The summed E-state index contributed by atoms with van der Waals surface area (Å²) in [5.41, 5.74) is 0.630. The molecule has 5 nitrogen and oxygen atoms in total. The highest BCUT2D eigenvalue weighted by Crippen LogP contribution is 2.28. The number of aromatic carboxylic acids is 1. The smallest absolute Gasteiger partial charge is 0.336 e. The fourth-order valence-electron chi connectivity index (χ4n) is 2.20. The molecule has 0 fully saturated rings. The van der Waals surface area contributed by atoms with Gasteiger partial charge in [0.25, 0.3) is 5.91 Å². The fourth-order valence-corrected chi connectivity index (χ4v) is 2.20. The molecule has 0 heterocycles. The molecule has 0 unspecified atom stereocenters. The standard InChI is InChI=1S/C17H16FNO4/c1-3-19-16(20)13-6-4-10(8-15(13)18)12-7-5-11(23-2)9-14(12)17(21)22/h4-9H,3H2,1-2H3,(H,19,20)(H,21,22). The fraction of sp³-hybridized carbons (Fsp3) is 0.176. The lowest BCUT2D eigenvalue weighted by Crippen LogP contribution is -2.23. The molecule has 0 bridgehead atoms. The number of ether oxygens (including phenoxy) is 1. The summed E-state index contributed by atoms with van der Waals surface area (Å²) < 4.78 is 19.2. The molecule has 0 saturated carbocycles. The summed E-state index contributed by atoms with van der Waals surface area (Å²) >= 11 is 0. The molecule has 0 aromatic heterocycles. The summed E-state index contributed by atoms with van der Waals surface area (Å²) in [5, 5.41) is 11.8. The Morgan fingerprint density at radius 2 is 1.91 bits per heavy atom. The molecule has 2 N–H and O–H groups in total. The minimum absolute atomic E-state index is 0.00508. The lowest BCUT2D eigenvalue weighted by molar-refractivity contribution is 0.0697. The first kappa shape index (κ1) is 16.5. The summed E-state index contributed by atoms with van der Waals surface area (Å²) in [5.74, 6) is -1.97. The predicted octanol–water partition coefficient (Wildman–Crippen LogP) is 2.95. The summed E-state index contributed by atoms with van der Waals surface area (Å²) in [6.45, 7) is 2.13. The van der Waals surface area contributed by atoms with E-state index in [0.717, 1.165) is 6.07 Å². The number of amides is 1. The van der Waals surface area contributed by atoms with Crippen LogP contribution in [-0.2, 0) is 0 Å². The Hall–Kier alpha value is -2.89. The normalized spacial score (nSPS) is 10.2. The molecule has 0 aliphatic carbocycles. The molecule has 0 aliphatic rings. The SMILES string of the molecule is CCNC(=O)c1ccc(-c2ccc(OC)cc2C(=O)O)cc1F. The zero-order valence-corrected chi connectivity index (χ0v) is 12.7. The Morgan fingerprint density at radius 3 is 2.48 bits per heavy atom. The van der Waals surface area contributed by atoms with Crippen LogP contribution in [0.25, 0.3) is 11.1 Å². The van der Waals surface area contributed by atoms with E-state index in [0.29, 0.717) is 23.4 Å². The second kappa shape index (κ2) is 6.91. The van der Waals surface area contributed by atoms with Gasteiger partial charge in [-0.3, -0.25) is 4.79 Å². The van der Waals surface area contributed by atoms with Crippen LogP contribution < -0.4 is 10.1 Å². The number of benzene rings is 2.